The van der Waals surface area contributed by atoms with Crippen LogP contribution in [0.1, 0.15) is 26.5 Å². The number of anilines is 1. The fourth-order valence-electron chi connectivity index (χ4n) is 2.19. The predicted octanol–water partition coefficient (Wildman–Crippen LogP) is 0.677. The van der Waals surface area contributed by atoms with E-state index in [1.54, 1.807) is 6.07 Å². The number of H-pyrrole nitrogens is 2. The lowest BCUT2D eigenvalue weighted by atomic mass is 9.92. The highest BCUT2D eigenvalue weighted by Crippen LogP contribution is 2.21. The number of nitrogens with zero attached hydrogens (tertiary/aromatic N) is 3. The molecule has 0 amide bonds. The number of rotatable bonds is 1. The van der Waals surface area contributed by atoms with Crippen molar-refractivity contribution >= 4 is 17.1 Å². The van der Waals surface area contributed by atoms with Gasteiger partial charge in [-0.25, -0.2) is 14.3 Å². The molecule has 8 nitrogen and oxygen atoms in total. The number of fused-ring (bicyclic) bond motifs is 1. The lowest BCUT2D eigenvalue weighted by molar-refractivity contribution is 0.567. The summed E-state index contributed by atoms with van der Waals surface area (Å²) in [6.45, 7) is 6.08. The zero-order chi connectivity index (χ0) is 16.1. The second-order valence-electron chi connectivity index (χ2n) is 6.05. The summed E-state index contributed by atoms with van der Waals surface area (Å²) in [5.74, 6) is 0.332. The van der Waals surface area contributed by atoms with Gasteiger partial charge in [0.1, 0.15) is 5.82 Å². The van der Waals surface area contributed by atoms with Crippen molar-refractivity contribution in [3.63, 3.8) is 0 Å². The van der Waals surface area contributed by atoms with Gasteiger partial charge in [-0.15, -0.1) is 0 Å². The Kier molecular flexibility index (Phi) is 2.91. The number of pyridine rings is 1. The van der Waals surface area contributed by atoms with Gasteiger partial charge in [0.15, 0.2) is 11.2 Å². The second kappa shape index (κ2) is 4.55. The van der Waals surface area contributed by atoms with Crippen LogP contribution in [0.5, 0.6) is 0 Å². The summed E-state index contributed by atoms with van der Waals surface area (Å²) in [5.41, 5.74) is 5.46. The van der Waals surface area contributed by atoms with E-state index in [1.807, 2.05) is 32.9 Å². The highest BCUT2D eigenvalue weighted by atomic mass is 16.2. The van der Waals surface area contributed by atoms with Gasteiger partial charge in [0.05, 0.1) is 0 Å². The summed E-state index contributed by atoms with van der Waals surface area (Å²) in [4.78, 5) is 37.4. The molecular weight excluding hydrogens is 284 g/mol. The van der Waals surface area contributed by atoms with Crippen LogP contribution in [0.25, 0.3) is 17.0 Å². The van der Waals surface area contributed by atoms with E-state index in [-0.39, 0.29) is 22.5 Å². The first-order valence-corrected chi connectivity index (χ1v) is 6.76. The van der Waals surface area contributed by atoms with Crippen LogP contribution in [-0.4, -0.2) is 24.5 Å². The summed E-state index contributed by atoms with van der Waals surface area (Å²) < 4.78 is 1.25. The molecule has 4 N–H and O–H groups in total. The second-order valence-corrected chi connectivity index (χ2v) is 6.05. The molecule has 114 valence electrons. The number of aromatic amines is 2. The molecule has 0 aromatic carbocycles. The fraction of sp³-hybridized carbons (Fsp3) is 0.286. The molecule has 0 aliphatic carbocycles. The summed E-state index contributed by atoms with van der Waals surface area (Å²) in [7, 11) is 0. The average molecular weight is 300 g/mol. The third-order valence-electron chi connectivity index (χ3n) is 3.30. The molecule has 0 fully saturated rings. The van der Waals surface area contributed by atoms with Gasteiger partial charge in [0.2, 0.25) is 5.95 Å². The number of aromatic nitrogens is 5. The molecule has 0 unspecified atom stereocenters. The first-order valence-electron chi connectivity index (χ1n) is 6.76. The first kappa shape index (κ1) is 14.1. The highest BCUT2D eigenvalue weighted by Gasteiger charge is 2.19. The largest absolute Gasteiger partial charge is 0.369 e. The number of hydrogen-bond donors (Lipinski definition) is 3. The van der Waals surface area contributed by atoms with Crippen LogP contribution >= 0.6 is 0 Å². The maximum atomic E-state index is 12.2. The van der Waals surface area contributed by atoms with E-state index in [4.69, 9.17) is 5.73 Å². The average Bonchev–Trinajstić information content (AvgIpc) is 2.74. The minimum Gasteiger partial charge on any atom is -0.369 e. The van der Waals surface area contributed by atoms with Crippen molar-refractivity contribution < 1.29 is 0 Å². The van der Waals surface area contributed by atoms with Crippen LogP contribution in [0.15, 0.2) is 27.8 Å². The zero-order valence-corrected chi connectivity index (χ0v) is 12.5. The lowest BCUT2D eigenvalue weighted by Crippen LogP contribution is -2.19. The van der Waals surface area contributed by atoms with Crippen LogP contribution in [-0.2, 0) is 5.41 Å². The normalized spacial score (nSPS) is 12.0. The van der Waals surface area contributed by atoms with Crippen molar-refractivity contribution in [2.75, 3.05) is 5.73 Å². The Hall–Kier alpha value is -2.90. The van der Waals surface area contributed by atoms with Crippen molar-refractivity contribution in [2.24, 2.45) is 0 Å². The minimum absolute atomic E-state index is 0.0581. The SMILES string of the molecule is CC(C)(C)c1cccc(-n2c(=O)[nH]c3c(=O)[nH]c(N)nc32)n1. The van der Waals surface area contributed by atoms with Gasteiger partial charge in [0.25, 0.3) is 5.56 Å². The molecule has 0 aliphatic heterocycles. The Morgan fingerprint density at radius 3 is 2.55 bits per heavy atom. The molecule has 3 aromatic heterocycles. The van der Waals surface area contributed by atoms with Crippen LogP contribution in [0, 0.1) is 0 Å². The Balaban J connectivity index is 2.34. The molecular formula is C14H16N6O2. The fourth-order valence-corrected chi connectivity index (χ4v) is 2.19. The topological polar surface area (TPSA) is 122 Å². The molecule has 8 heteroatoms. The molecule has 0 spiro atoms. The smallest absolute Gasteiger partial charge is 0.333 e. The van der Waals surface area contributed by atoms with E-state index in [1.165, 1.54) is 4.57 Å². The van der Waals surface area contributed by atoms with E-state index in [9.17, 15) is 9.59 Å². The lowest BCUT2D eigenvalue weighted by Gasteiger charge is -2.18. The van der Waals surface area contributed by atoms with E-state index in [2.05, 4.69) is 19.9 Å². The van der Waals surface area contributed by atoms with Crippen molar-refractivity contribution in [1.29, 1.82) is 0 Å². The molecule has 0 saturated carbocycles. The highest BCUT2D eigenvalue weighted by molar-refractivity contribution is 5.72. The molecule has 3 aromatic rings. The third-order valence-corrected chi connectivity index (χ3v) is 3.30. The molecule has 22 heavy (non-hydrogen) atoms. The van der Waals surface area contributed by atoms with Gasteiger partial charge in [-0.05, 0) is 12.1 Å². The number of imidazole rings is 1. The summed E-state index contributed by atoms with van der Waals surface area (Å²) in [5, 5.41) is 0. The van der Waals surface area contributed by atoms with Crippen LogP contribution in [0.4, 0.5) is 5.95 Å². The maximum absolute atomic E-state index is 12.2. The minimum atomic E-state index is -0.495. The van der Waals surface area contributed by atoms with E-state index >= 15 is 0 Å². The quantitative estimate of drug-likeness (QED) is 0.610. The monoisotopic (exact) mass is 300 g/mol. The Bertz CT molecular complexity index is 973. The first-order chi connectivity index (χ1) is 10.3. The Morgan fingerprint density at radius 2 is 1.86 bits per heavy atom. The van der Waals surface area contributed by atoms with E-state index in [0.717, 1.165) is 5.69 Å². The van der Waals surface area contributed by atoms with Crippen molar-refractivity contribution in [1.82, 2.24) is 24.5 Å². The van der Waals surface area contributed by atoms with Crippen molar-refractivity contribution in [2.45, 2.75) is 26.2 Å². The number of nitrogens with two attached hydrogens (primary N) is 1. The van der Waals surface area contributed by atoms with Gasteiger partial charge in [-0.3, -0.25) is 14.8 Å². The third kappa shape index (κ3) is 2.18. The van der Waals surface area contributed by atoms with Gasteiger partial charge >= 0.3 is 5.69 Å². The van der Waals surface area contributed by atoms with Crippen LogP contribution in [0.2, 0.25) is 0 Å². The number of nitrogen functional groups attached to an aromatic ring is 1. The maximum Gasteiger partial charge on any atom is 0.333 e. The van der Waals surface area contributed by atoms with Crippen LogP contribution in [0.3, 0.4) is 0 Å². The van der Waals surface area contributed by atoms with Crippen molar-refractivity contribution in [3.8, 4) is 5.82 Å². The summed E-state index contributed by atoms with van der Waals surface area (Å²) in [6.07, 6.45) is 0. The van der Waals surface area contributed by atoms with Gasteiger partial charge in [-0.1, -0.05) is 26.8 Å². The standard InChI is InChI=1S/C14H16N6O2/c1-14(2,3)7-5-4-6-8(16-7)20-10-9(17-13(20)22)11(21)19-12(15)18-10/h4-6H,1-3H3,(H,17,22)(H3,15,18,19,21). The Morgan fingerprint density at radius 1 is 1.14 bits per heavy atom. The van der Waals surface area contributed by atoms with Gasteiger partial charge in [0, 0.05) is 11.1 Å². The molecule has 3 rings (SSSR count). The van der Waals surface area contributed by atoms with E-state index in [0.29, 0.717) is 5.82 Å². The number of hydrogen-bond acceptors (Lipinski definition) is 5. The van der Waals surface area contributed by atoms with Gasteiger partial charge < -0.3 is 5.73 Å². The summed E-state index contributed by atoms with van der Waals surface area (Å²) >= 11 is 0. The Labute approximate surface area is 125 Å². The predicted molar refractivity (Wildman–Crippen MR) is 83.2 cm³/mol. The molecule has 0 radical (unpaired) electrons. The molecule has 0 aliphatic rings. The van der Waals surface area contributed by atoms with E-state index < -0.39 is 11.2 Å². The van der Waals surface area contributed by atoms with Crippen LogP contribution < -0.4 is 17.0 Å². The number of nitrogens with one attached hydrogen (secondary N) is 2. The summed E-state index contributed by atoms with van der Waals surface area (Å²) in [6, 6.07) is 5.38. The van der Waals surface area contributed by atoms with Gasteiger partial charge in [-0.2, -0.15) is 4.98 Å². The molecule has 0 atom stereocenters. The molecule has 0 bridgehead atoms. The zero-order valence-electron chi connectivity index (χ0n) is 12.5. The molecule has 0 saturated heterocycles. The van der Waals surface area contributed by atoms with Crippen molar-refractivity contribution in [3.05, 3.63) is 44.7 Å². The molecule has 3 heterocycles.